The van der Waals surface area contributed by atoms with Gasteiger partial charge in [-0.1, -0.05) is 29.8 Å². The fraction of sp³-hybridized carbons (Fsp3) is 0.227. The Kier molecular flexibility index (Phi) is 6.63. The van der Waals surface area contributed by atoms with E-state index in [1.165, 1.54) is 11.6 Å². The first-order chi connectivity index (χ1) is 14.0. The van der Waals surface area contributed by atoms with Crippen LogP contribution in [0.4, 0.5) is 5.95 Å². The molecule has 150 valence electrons. The topological polar surface area (TPSA) is 88.6 Å². The maximum atomic E-state index is 11.5. The van der Waals surface area contributed by atoms with Crippen LogP contribution in [0.5, 0.6) is 11.5 Å². The van der Waals surface area contributed by atoms with Gasteiger partial charge in [-0.15, -0.1) is 0 Å². The molecule has 0 radical (unpaired) electrons. The molecule has 0 unspecified atom stereocenters. The third kappa shape index (κ3) is 5.93. The third-order valence-corrected chi connectivity index (χ3v) is 4.00. The highest BCUT2D eigenvalue weighted by molar-refractivity contribution is 5.81. The Bertz CT molecular complexity index is 1060. The molecule has 7 nitrogen and oxygen atoms in total. The van der Waals surface area contributed by atoms with Gasteiger partial charge in [0.05, 0.1) is 12.8 Å². The van der Waals surface area contributed by atoms with Gasteiger partial charge in [0.2, 0.25) is 5.95 Å². The number of ether oxygens (including phenoxy) is 2. The summed E-state index contributed by atoms with van der Waals surface area (Å²) in [5.74, 6) is 1.60. The molecule has 0 aliphatic heterocycles. The number of nitrogens with zero attached hydrogens (tertiary/aromatic N) is 2. The number of hydrazone groups is 1. The highest BCUT2D eigenvalue weighted by Gasteiger charge is 2.07. The van der Waals surface area contributed by atoms with Crippen LogP contribution in [0.25, 0.3) is 0 Å². The summed E-state index contributed by atoms with van der Waals surface area (Å²) in [5.41, 5.74) is 6.21. The maximum absolute atomic E-state index is 11.5. The van der Waals surface area contributed by atoms with Gasteiger partial charge in [0.25, 0.3) is 5.56 Å². The second-order valence-electron chi connectivity index (χ2n) is 6.52. The molecule has 0 saturated carbocycles. The summed E-state index contributed by atoms with van der Waals surface area (Å²) in [6.07, 6.45) is 1.62. The monoisotopic (exact) mass is 392 g/mol. The van der Waals surface area contributed by atoms with Gasteiger partial charge in [0, 0.05) is 11.8 Å². The fourth-order valence-electron chi connectivity index (χ4n) is 2.76. The Labute approximate surface area is 169 Å². The minimum atomic E-state index is -0.232. The zero-order chi connectivity index (χ0) is 20.6. The highest BCUT2D eigenvalue weighted by Crippen LogP contribution is 2.29. The van der Waals surface area contributed by atoms with Crippen molar-refractivity contribution in [2.45, 2.75) is 27.4 Å². The van der Waals surface area contributed by atoms with Crippen LogP contribution < -0.4 is 20.5 Å². The second kappa shape index (κ2) is 9.54. The predicted molar refractivity (Wildman–Crippen MR) is 114 cm³/mol. The average molecular weight is 392 g/mol. The number of rotatable bonds is 8. The number of aromatic nitrogens is 2. The van der Waals surface area contributed by atoms with Crippen molar-refractivity contribution in [2.75, 3.05) is 12.0 Å². The molecule has 2 aromatic carbocycles. The number of benzene rings is 2. The Hall–Kier alpha value is -3.61. The third-order valence-electron chi connectivity index (χ3n) is 4.00. The average Bonchev–Trinajstić information content (AvgIpc) is 2.67. The van der Waals surface area contributed by atoms with Crippen LogP contribution in [-0.2, 0) is 6.61 Å². The molecule has 1 heterocycles. The Morgan fingerprint density at radius 2 is 1.97 bits per heavy atom. The molecule has 29 heavy (non-hydrogen) atoms. The Morgan fingerprint density at radius 3 is 2.72 bits per heavy atom. The molecular formula is C22H24N4O3. The van der Waals surface area contributed by atoms with Crippen LogP contribution >= 0.6 is 0 Å². The molecular weight excluding hydrogens is 368 g/mol. The summed E-state index contributed by atoms with van der Waals surface area (Å²) >= 11 is 0. The normalized spacial score (nSPS) is 10.9. The van der Waals surface area contributed by atoms with E-state index in [0.717, 1.165) is 11.1 Å². The van der Waals surface area contributed by atoms with E-state index < -0.39 is 0 Å². The zero-order valence-corrected chi connectivity index (χ0v) is 16.7. The van der Waals surface area contributed by atoms with Crippen molar-refractivity contribution in [3.8, 4) is 11.5 Å². The minimum Gasteiger partial charge on any atom is -0.490 e. The first kappa shape index (κ1) is 20.1. The van der Waals surface area contributed by atoms with E-state index >= 15 is 0 Å². The largest absolute Gasteiger partial charge is 0.490 e. The molecule has 1 aromatic heterocycles. The summed E-state index contributed by atoms with van der Waals surface area (Å²) < 4.78 is 11.7. The van der Waals surface area contributed by atoms with Crippen molar-refractivity contribution < 1.29 is 9.47 Å². The van der Waals surface area contributed by atoms with Gasteiger partial charge in [-0.25, -0.2) is 10.4 Å². The molecule has 0 saturated heterocycles. The smallest absolute Gasteiger partial charge is 0.252 e. The molecule has 0 fully saturated rings. The quantitative estimate of drug-likeness (QED) is 0.449. The van der Waals surface area contributed by atoms with E-state index in [-0.39, 0.29) is 11.5 Å². The molecule has 0 aliphatic carbocycles. The molecule has 3 aromatic rings. The van der Waals surface area contributed by atoms with Crippen molar-refractivity contribution in [2.24, 2.45) is 5.10 Å². The molecule has 3 rings (SSSR count). The number of H-pyrrole nitrogens is 1. The van der Waals surface area contributed by atoms with Crippen LogP contribution in [0.1, 0.15) is 29.3 Å². The van der Waals surface area contributed by atoms with E-state index in [2.05, 4.69) is 39.6 Å². The number of aryl methyl sites for hydroxylation is 2. The molecule has 0 bridgehead atoms. The summed E-state index contributed by atoms with van der Waals surface area (Å²) in [6, 6.07) is 15.2. The highest BCUT2D eigenvalue weighted by atomic mass is 16.5. The summed E-state index contributed by atoms with van der Waals surface area (Å²) in [4.78, 5) is 18.2. The standard InChI is InChI=1S/C22H24N4O3/c1-4-28-20-12-17(13-23-26-22-24-16(3)11-21(27)25-22)8-9-19(20)29-14-18-7-5-6-15(2)10-18/h5-13H,4,14H2,1-3H3,(H2,24,25,26,27)/b23-13+. The fourth-order valence-corrected chi connectivity index (χ4v) is 2.76. The van der Waals surface area contributed by atoms with Gasteiger partial charge >= 0.3 is 0 Å². The van der Waals surface area contributed by atoms with E-state index in [1.807, 2.05) is 37.3 Å². The molecule has 0 spiro atoms. The number of aromatic amines is 1. The summed E-state index contributed by atoms with van der Waals surface area (Å²) in [5, 5.41) is 4.12. The lowest BCUT2D eigenvalue weighted by Gasteiger charge is -2.13. The molecule has 7 heteroatoms. The number of hydrogen-bond donors (Lipinski definition) is 2. The molecule has 2 N–H and O–H groups in total. The lowest BCUT2D eigenvalue weighted by molar-refractivity contribution is 0.269. The van der Waals surface area contributed by atoms with Gasteiger partial charge in [0.15, 0.2) is 11.5 Å². The van der Waals surface area contributed by atoms with E-state index in [9.17, 15) is 4.79 Å². The number of nitrogens with one attached hydrogen (secondary N) is 2. The number of anilines is 1. The van der Waals surface area contributed by atoms with Gasteiger partial charge in [0.1, 0.15) is 6.61 Å². The summed E-state index contributed by atoms with van der Waals surface area (Å²) in [6.45, 7) is 6.71. The van der Waals surface area contributed by atoms with Crippen LogP contribution in [0.2, 0.25) is 0 Å². The SMILES string of the molecule is CCOc1cc(/C=N/Nc2nc(C)cc(=O)[nH]2)ccc1OCc1cccc(C)c1. The lowest BCUT2D eigenvalue weighted by Crippen LogP contribution is -2.10. The van der Waals surface area contributed by atoms with Crippen LogP contribution in [-0.4, -0.2) is 22.8 Å². The van der Waals surface area contributed by atoms with Gasteiger partial charge in [-0.05, 0) is 50.1 Å². The Balaban J connectivity index is 1.70. The van der Waals surface area contributed by atoms with Gasteiger partial charge < -0.3 is 9.47 Å². The van der Waals surface area contributed by atoms with Crippen molar-refractivity contribution >= 4 is 12.2 Å². The minimum absolute atomic E-state index is 0.232. The lowest BCUT2D eigenvalue weighted by atomic mass is 10.1. The predicted octanol–water partition coefficient (Wildman–Crippen LogP) is 3.81. The van der Waals surface area contributed by atoms with Crippen LogP contribution in [0.3, 0.4) is 0 Å². The summed E-state index contributed by atoms with van der Waals surface area (Å²) in [7, 11) is 0. The maximum Gasteiger partial charge on any atom is 0.252 e. The van der Waals surface area contributed by atoms with Crippen LogP contribution in [0.15, 0.2) is 58.4 Å². The van der Waals surface area contributed by atoms with Gasteiger partial charge in [-0.2, -0.15) is 5.10 Å². The first-order valence-electron chi connectivity index (χ1n) is 9.35. The molecule has 0 atom stereocenters. The van der Waals surface area contributed by atoms with E-state index in [0.29, 0.717) is 30.4 Å². The van der Waals surface area contributed by atoms with Crippen molar-refractivity contribution in [1.82, 2.24) is 9.97 Å². The first-order valence-corrected chi connectivity index (χ1v) is 9.35. The zero-order valence-electron chi connectivity index (χ0n) is 16.7. The van der Waals surface area contributed by atoms with E-state index in [4.69, 9.17) is 9.47 Å². The number of hydrogen-bond acceptors (Lipinski definition) is 6. The van der Waals surface area contributed by atoms with E-state index in [1.54, 1.807) is 13.1 Å². The van der Waals surface area contributed by atoms with Crippen molar-refractivity contribution in [3.05, 3.63) is 81.3 Å². The van der Waals surface area contributed by atoms with Gasteiger partial charge in [-0.3, -0.25) is 9.78 Å². The van der Waals surface area contributed by atoms with Crippen LogP contribution in [0, 0.1) is 13.8 Å². The molecule has 0 aliphatic rings. The second-order valence-corrected chi connectivity index (χ2v) is 6.52. The Morgan fingerprint density at radius 1 is 1.10 bits per heavy atom. The molecule has 0 amide bonds. The van der Waals surface area contributed by atoms with Crippen molar-refractivity contribution in [3.63, 3.8) is 0 Å². The van der Waals surface area contributed by atoms with Crippen molar-refractivity contribution in [1.29, 1.82) is 0 Å².